The Balaban J connectivity index is 5.22. The first-order valence-electron chi connectivity index (χ1n) is 5.70. The first-order valence-corrected chi connectivity index (χ1v) is 5.70. The molecule has 0 aromatic rings. The molecule has 0 aliphatic carbocycles. The minimum atomic E-state index is -5.74. The Labute approximate surface area is 107 Å². The molecule has 0 saturated heterocycles. The molecule has 0 saturated carbocycles. The normalized spacial score (nSPS) is 13.8. The Morgan fingerprint density at radius 1 is 1.05 bits per heavy atom. The van der Waals surface area contributed by atoms with E-state index in [0.29, 0.717) is 6.92 Å². The first-order chi connectivity index (χ1) is 8.40. The van der Waals surface area contributed by atoms with Crippen molar-refractivity contribution in [2.75, 3.05) is 6.61 Å². The summed E-state index contributed by atoms with van der Waals surface area (Å²) in [7, 11) is 0. The summed E-state index contributed by atoms with van der Waals surface area (Å²) in [6.07, 6.45) is -12.7. The molecule has 114 valence electrons. The van der Waals surface area contributed by atoms with E-state index in [1.165, 1.54) is 0 Å². The molecule has 2 nitrogen and oxygen atoms in total. The van der Waals surface area contributed by atoms with Gasteiger partial charge in [-0.05, 0) is 18.8 Å². The van der Waals surface area contributed by atoms with Crippen molar-refractivity contribution in [3.05, 3.63) is 0 Å². The van der Waals surface area contributed by atoms with Crippen LogP contribution in [-0.4, -0.2) is 24.9 Å². The van der Waals surface area contributed by atoms with Gasteiger partial charge < -0.3 is 4.74 Å². The molecule has 0 rings (SSSR count). The highest BCUT2D eigenvalue weighted by atomic mass is 19.4. The summed E-state index contributed by atoms with van der Waals surface area (Å²) < 4.78 is 80.3. The second-order valence-electron chi connectivity index (χ2n) is 4.57. The molecule has 0 aromatic carbocycles. The Morgan fingerprint density at radius 2 is 1.47 bits per heavy atom. The van der Waals surface area contributed by atoms with Crippen molar-refractivity contribution in [2.45, 2.75) is 46.0 Å². The third-order valence-corrected chi connectivity index (χ3v) is 2.77. The highest BCUT2D eigenvalue weighted by Gasteiger charge is 2.75. The number of alkyl halides is 6. The molecule has 0 spiro atoms. The number of hydrogen-bond donors (Lipinski definition) is 0. The highest BCUT2D eigenvalue weighted by Crippen LogP contribution is 2.53. The van der Waals surface area contributed by atoms with E-state index in [1.54, 1.807) is 13.8 Å². The summed E-state index contributed by atoms with van der Waals surface area (Å²) in [4.78, 5) is 11.3. The average Bonchev–Trinajstić information content (AvgIpc) is 2.13. The second kappa shape index (κ2) is 6.00. The molecular weight excluding hydrogens is 278 g/mol. The van der Waals surface area contributed by atoms with Gasteiger partial charge in [0.15, 0.2) is 0 Å². The summed E-state index contributed by atoms with van der Waals surface area (Å²) in [6, 6.07) is 0. The summed E-state index contributed by atoms with van der Waals surface area (Å²) in [5, 5.41) is 0. The lowest BCUT2D eigenvalue weighted by Crippen LogP contribution is -2.56. The largest absolute Gasteiger partial charge is 0.465 e. The van der Waals surface area contributed by atoms with Crippen molar-refractivity contribution in [3.8, 4) is 0 Å². The Kier molecular flexibility index (Phi) is 5.70. The lowest BCUT2D eigenvalue weighted by molar-refractivity contribution is -0.333. The van der Waals surface area contributed by atoms with Crippen LogP contribution in [0.25, 0.3) is 0 Å². The SMILES string of the molecule is CCC(C(=O)OCCC(C)C)(C(F)(F)F)C(F)(F)F. The zero-order valence-electron chi connectivity index (χ0n) is 10.8. The van der Waals surface area contributed by atoms with E-state index in [2.05, 4.69) is 4.74 Å². The number of halogens is 6. The van der Waals surface area contributed by atoms with Crippen LogP contribution in [0.1, 0.15) is 33.6 Å². The third-order valence-electron chi connectivity index (χ3n) is 2.77. The minimum Gasteiger partial charge on any atom is -0.465 e. The molecule has 0 radical (unpaired) electrons. The van der Waals surface area contributed by atoms with Crippen molar-refractivity contribution in [3.63, 3.8) is 0 Å². The van der Waals surface area contributed by atoms with Crippen molar-refractivity contribution < 1.29 is 35.9 Å². The fraction of sp³-hybridized carbons (Fsp3) is 0.909. The Hall–Kier alpha value is -0.950. The molecule has 0 heterocycles. The minimum absolute atomic E-state index is 0.000556. The summed E-state index contributed by atoms with van der Waals surface area (Å²) in [5.74, 6) is -2.28. The third kappa shape index (κ3) is 3.76. The maximum Gasteiger partial charge on any atom is 0.413 e. The van der Waals surface area contributed by atoms with Gasteiger partial charge in [0.25, 0.3) is 5.41 Å². The zero-order chi connectivity index (χ0) is 15.5. The quantitative estimate of drug-likeness (QED) is 0.564. The summed E-state index contributed by atoms with van der Waals surface area (Å²) in [6.45, 7) is 3.60. The van der Waals surface area contributed by atoms with Gasteiger partial charge in [-0.25, -0.2) is 0 Å². The fourth-order valence-electron chi connectivity index (χ4n) is 1.45. The highest BCUT2D eigenvalue weighted by molar-refractivity contribution is 5.79. The summed E-state index contributed by atoms with van der Waals surface area (Å²) in [5.41, 5.74) is -4.45. The van der Waals surface area contributed by atoms with E-state index >= 15 is 0 Å². The molecule has 0 aliphatic rings. The van der Waals surface area contributed by atoms with E-state index in [9.17, 15) is 31.1 Å². The van der Waals surface area contributed by atoms with Crippen molar-refractivity contribution in [1.82, 2.24) is 0 Å². The Morgan fingerprint density at radius 3 is 1.74 bits per heavy atom. The Bertz CT molecular complexity index is 291. The van der Waals surface area contributed by atoms with Crippen molar-refractivity contribution in [2.24, 2.45) is 11.3 Å². The van der Waals surface area contributed by atoms with Crippen LogP contribution in [0.4, 0.5) is 26.3 Å². The van der Waals surface area contributed by atoms with Crippen LogP contribution in [-0.2, 0) is 9.53 Å². The average molecular weight is 294 g/mol. The second-order valence-corrected chi connectivity index (χ2v) is 4.57. The van der Waals surface area contributed by atoms with Gasteiger partial charge in [-0.1, -0.05) is 20.8 Å². The molecule has 19 heavy (non-hydrogen) atoms. The lowest BCUT2D eigenvalue weighted by Gasteiger charge is -2.34. The van der Waals surface area contributed by atoms with Crippen LogP contribution in [0, 0.1) is 11.3 Å². The lowest BCUT2D eigenvalue weighted by atomic mass is 9.83. The van der Waals surface area contributed by atoms with Gasteiger partial charge in [0, 0.05) is 0 Å². The van der Waals surface area contributed by atoms with E-state index in [1.807, 2.05) is 0 Å². The zero-order valence-corrected chi connectivity index (χ0v) is 10.8. The van der Waals surface area contributed by atoms with Crippen LogP contribution >= 0.6 is 0 Å². The van der Waals surface area contributed by atoms with E-state index in [-0.39, 0.29) is 12.3 Å². The number of carbonyl (C=O) groups is 1. The summed E-state index contributed by atoms with van der Waals surface area (Å²) >= 11 is 0. The van der Waals surface area contributed by atoms with Gasteiger partial charge in [0.2, 0.25) is 0 Å². The predicted molar refractivity (Wildman–Crippen MR) is 55.2 cm³/mol. The number of rotatable bonds is 5. The molecule has 0 N–H and O–H groups in total. The van der Waals surface area contributed by atoms with E-state index < -0.39 is 36.8 Å². The molecule has 0 bridgehead atoms. The van der Waals surface area contributed by atoms with Crippen LogP contribution in [0.15, 0.2) is 0 Å². The maximum absolute atomic E-state index is 12.7. The molecule has 0 atom stereocenters. The van der Waals surface area contributed by atoms with Gasteiger partial charge >= 0.3 is 18.3 Å². The van der Waals surface area contributed by atoms with Gasteiger partial charge in [-0.2, -0.15) is 26.3 Å². The van der Waals surface area contributed by atoms with Gasteiger partial charge in [0.05, 0.1) is 6.61 Å². The topological polar surface area (TPSA) is 26.3 Å². The molecule has 0 aromatic heterocycles. The van der Waals surface area contributed by atoms with E-state index in [0.717, 1.165) is 0 Å². The molecular formula is C11H16F6O2. The number of ether oxygens (including phenoxy) is 1. The van der Waals surface area contributed by atoms with Gasteiger partial charge in [-0.3, -0.25) is 4.79 Å². The fourth-order valence-corrected chi connectivity index (χ4v) is 1.45. The smallest absolute Gasteiger partial charge is 0.413 e. The molecule has 0 unspecified atom stereocenters. The van der Waals surface area contributed by atoms with Crippen LogP contribution in [0.2, 0.25) is 0 Å². The number of esters is 1. The van der Waals surface area contributed by atoms with E-state index in [4.69, 9.17) is 0 Å². The van der Waals surface area contributed by atoms with Crippen LogP contribution < -0.4 is 0 Å². The molecule has 0 aliphatic heterocycles. The molecule has 8 heteroatoms. The number of carbonyl (C=O) groups excluding carboxylic acids is 1. The molecule has 0 fully saturated rings. The van der Waals surface area contributed by atoms with Gasteiger partial charge in [0.1, 0.15) is 0 Å². The van der Waals surface area contributed by atoms with Crippen LogP contribution in [0.3, 0.4) is 0 Å². The monoisotopic (exact) mass is 294 g/mol. The molecule has 0 amide bonds. The maximum atomic E-state index is 12.7. The standard InChI is InChI=1S/C11H16F6O2/c1-4-9(10(12,13)14,11(15,16)17)8(18)19-6-5-7(2)3/h7H,4-6H2,1-3H3. The van der Waals surface area contributed by atoms with Crippen molar-refractivity contribution >= 4 is 5.97 Å². The predicted octanol–water partition coefficient (Wildman–Crippen LogP) is 4.10. The number of hydrogen-bond acceptors (Lipinski definition) is 2. The van der Waals surface area contributed by atoms with Gasteiger partial charge in [-0.15, -0.1) is 0 Å². The van der Waals surface area contributed by atoms with Crippen LogP contribution in [0.5, 0.6) is 0 Å². The first kappa shape index (κ1) is 18.0. The van der Waals surface area contributed by atoms with Crippen molar-refractivity contribution in [1.29, 1.82) is 0 Å².